The summed E-state index contributed by atoms with van der Waals surface area (Å²) in [6.45, 7) is 3.64. The zero-order chi connectivity index (χ0) is 30.3. The number of primary amides is 1. The molecule has 0 aliphatic heterocycles. The number of alkyl halides is 3. The van der Waals surface area contributed by atoms with Crippen LogP contribution in [0.1, 0.15) is 37.0 Å². The molecule has 5 rings (SSSR count). The molecule has 0 atom stereocenters. The fourth-order valence-corrected chi connectivity index (χ4v) is 5.37. The molecule has 0 saturated carbocycles. The molecule has 3 N–H and O–H groups in total. The third-order valence-corrected chi connectivity index (χ3v) is 7.91. The number of hydrogen-bond donors (Lipinski definition) is 2. The van der Waals surface area contributed by atoms with Gasteiger partial charge in [-0.25, -0.2) is 14.1 Å². The summed E-state index contributed by atoms with van der Waals surface area (Å²) in [6, 6.07) is 10.4. The van der Waals surface area contributed by atoms with E-state index in [0.29, 0.717) is 22.1 Å². The highest BCUT2D eigenvalue weighted by Gasteiger charge is 2.35. The maximum atomic E-state index is 13.7. The molecule has 0 saturated heterocycles. The number of anilines is 1. The zero-order valence-corrected chi connectivity index (χ0v) is 23.4. The highest BCUT2D eigenvalue weighted by molar-refractivity contribution is 7.21. The molecule has 0 radical (unpaired) electrons. The largest absolute Gasteiger partial charge is 0.471 e. The van der Waals surface area contributed by atoms with Crippen molar-refractivity contribution in [1.82, 2.24) is 14.8 Å². The first-order valence-electron chi connectivity index (χ1n) is 12.2. The number of pyridine rings is 1. The summed E-state index contributed by atoms with van der Waals surface area (Å²) in [5.41, 5.74) is 5.93. The van der Waals surface area contributed by atoms with E-state index in [1.807, 2.05) is 13.8 Å². The Labute approximate surface area is 244 Å². The Hall–Kier alpha value is -4.49. The fourth-order valence-electron chi connectivity index (χ4n) is 4.26. The summed E-state index contributed by atoms with van der Waals surface area (Å²) in [4.78, 5) is 28.8. The van der Waals surface area contributed by atoms with Crippen LogP contribution in [0.25, 0.3) is 21.3 Å². The van der Waals surface area contributed by atoms with E-state index in [4.69, 9.17) is 22.1 Å². The van der Waals surface area contributed by atoms with Crippen LogP contribution in [0.5, 0.6) is 5.75 Å². The number of ether oxygens (including phenoxy) is 1. The van der Waals surface area contributed by atoms with E-state index in [9.17, 15) is 27.2 Å². The Morgan fingerprint density at radius 2 is 1.76 bits per heavy atom. The van der Waals surface area contributed by atoms with E-state index in [2.05, 4.69) is 15.4 Å². The molecule has 0 fully saturated rings. The lowest BCUT2D eigenvalue weighted by Gasteiger charge is -2.12. The SMILES string of the molecule is Cc1cc(OCn2ccc(C(=O)Nc3c(C(N)=O)sc4nc(C(F)(F)F)cc(-c5ccc(F)cc5)c34)n2)cc(C)c1Cl. The summed E-state index contributed by atoms with van der Waals surface area (Å²) in [5.74, 6) is -1.80. The molecule has 2 aromatic carbocycles. The third-order valence-electron chi connectivity index (χ3n) is 6.22. The minimum atomic E-state index is -4.82. The lowest BCUT2D eigenvalue weighted by Crippen LogP contribution is -2.18. The van der Waals surface area contributed by atoms with Gasteiger partial charge in [0.05, 0.1) is 5.69 Å². The second-order valence-corrected chi connectivity index (χ2v) is 10.6. The summed E-state index contributed by atoms with van der Waals surface area (Å²) in [5, 5.41) is 7.43. The molecule has 2 amide bonds. The van der Waals surface area contributed by atoms with Gasteiger partial charge in [-0.1, -0.05) is 23.7 Å². The molecule has 216 valence electrons. The van der Waals surface area contributed by atoms with Crippen LogP contribution in [-0.4, -0.2) is 26.6 Å². The molecule has 0 spiro atoms. The maximum absolute atomic E-state index is 13.7. The Kier molecular flexibility index (Phi) is 7.64. The standard InChI is InChI=1S/C28H20ClF4N5O3S/c1-13-9-17(10-14(2)22(13)29)41-12-38-8-7-19(37-38)26(40)36-23-21-18(15-3-5-16(30)6-4-15)11-20(28(31,32)33)35-27(21)42-24(23)25(34)39/h3-11H,12H2,1-2H3,(H2,34,39)(H,36,40). The second-order valence-electron chi connectivity index (χ2n) is 9.25. The van der Waals surface area contributed by atoms with Gasteiger partial charge in [-0.2, -0.15) is 18.3 Å². The number of carbonyl (C=O) groups excluding carboxylic acids is 2. The molecule has 14 heteroatoms. The lowest BCUT2D eigenvalue weighted by molar-refractivity contribution is -0.140. The van der Waals surface area contributed by atoms with Crippen LogP contribution in [0.3, 0.4) is 0 Å². The quantitative estimate of drug-likeness (QED) is 0.191. The first kappa shape index (κ1) is 29.0. The number of halogens is 5. The molecule has 0 bridgehead atoms. The Bertz CT molecular complexity index is 1830. The number of nitrogens with two attached hydrogens (primary N) is 1. The molecule has 0 aliphatic carbocycles. The van der Waals surface area contributed by atoms with Crippen molar-refractivity contribution in [2.45, 2.75) is 26.8 Å². The second kappa shape index (κ2) is 11.1. The van der Waals surface area contributed by atoms with Crippen LogP contribution >= 0.6 is 22.9 Å². The Morgan fingerprint density at radius 1 is 1.10 bits per heavy atom. The van der Waals surface area contributed by atoms with Crippen molar-refractivity contribution in [3.63, 3.8) is 0 Å². The van der Waals surface area contributed by atoms with Crippen LogP contribution in [0.15, 0.2) is 54.7 Å². The molecule has 3 aromatic heterocycles. The summed E-state index contributed by atoms with van der Waals surface area (Å²) < 4.78 is 61.8. The topological polar surface area (TPSA) is 112 Å². The van der Waals surface area contributed by atoms with Crippen molar-refractivity contribution >= 4 is 50.7 Å². The third kappa shape index (κ3) is 5.78. The van der Waals surface area contributed by atoms with Gasteiger partial charge in [-0.05, 0) is 72.5 Å². The lowest BCUT2D eigenvalue weighted by atomic mass is 10.0. The average Bonchev–Trinajstić information content (AvgIpc) is 3.55. The van der Waals surface area contributed by atoms with Gasteiger partial charge in [-0.3, -0.25) is 9.59 Å². The van der Waals surface area contributed by atoms with Gasteiger partial charge in [-0.15, -0.1) is 11.3 Å². The summed E-state index contributed by atoms with van der Waals surface area (Å²) >= 11 is 6.79. The first-order chi connectivity index (χ1) is 19.8. The first-order valence-corrected chi connectivity index (χ1v) is 13.4. The van der Waals surface area contributed by atoms with Crippen LogP contribution in [0.2, 0.25) is 5.02 Å². The Balaban J connectivity index is 1.50. The number of amides is 2. The average molecular weight is 618 g/mol. The van der Waals surface area contributed by atoms with E-state index >= 15 is 0 Å². The number of carbonyl (C=O) groups is 2. The van der Waals surface area contributed by atoms with E-state index in [1.165, 1.54) is 29.1 Å². The van der Waals surface area contributed by atoms with Crippen molar-refractivity contribution < 1.29 is 31.9 Å². The van der Waals surface area contributed by atoms with Crippen molar-refractivity contribution in [2.75, 3.05) is 5.32 Å². The van der Waals surface area contributed by atoms with Crippen LogP contribution in [0.4, 0.5) is 23.2 Å². The maximum Gasteiger partial charge on any atom is 0.433 e. The number of nitrogens with one attached hydrogen (secondary N) is 1. The van der Waals surface area contributed by atoms with E-state index in [1.54, 1.807) is 12.1 Å². The highest BCUT2D eigenvalue weighted by Crippen LogP contribution is 2.43. The minimum absolute atomic E-state index is 0.0288. The monoisotopic (exact) mass is 617 g/mol. The number of fused-ring (bicyclic) bond motifs is 1. The van der Waals surface area contributed by atoms with Gasteiger partial charge in [0, 0.05) is 16.6 Å². The van der Waals surface area contributed by atoms with Crippen molar-refractivity contribution in [3.05, 3.63) is 93.0 Å². The zero-order valence-electron chi connectivity index (χ0n) is 21.8. The number of nitrogens with zero attached hydrogens (tertiary/aromatic N) is 3. The predicted octanol–water partition coefficient (Wildman–Crippen LogP) is 6.98. The number of hydrogen-bond acceptors (Lipinski definition) is 6. The van der Waals surface area contributed by atoms with E-state index < -0.39 is 29.5 Å². The van der Waals surface area contributed by atoms with Crippen LogP contribution < -0.4 is 15.8 Å². The highest BCUT2D eigenvalue weighted by atomic mass is 35.5. The van der Waals surface area contributed by atoms with Gasteiger partial charge in [0.1, 0.15) is 27.0 Å². The van der Waals surface area contributed by atoms with Gasteiger partial charge in [0.25, 0.3) is 11.8 Å². The predicted molar refractivity (Wildman–Crippen MR) is 150 cm³/mol. The molecule has 8 nitrogen and oxygen atoms in total. The number of aryl methyl sites for hydroxylation is 2. The van der Waals surface area contributed by atoms with E-state index in [0.717, 1.165) is 29.3 Å². The van der Waals surface area contributed by atoms with E-state index in [-0.39, 0.29) is 44.3 Å². The van der Waals surface area contributed by atoms with Gasteiger partial charge >= 0.3 is 6.18 Å². The molecular formula is C28H20ClF4N5O3S. The van der Waals surface area contributed by atoms with Crippen molar-refractivity contribution in [3.8, 4) is 16.9 Å². The van der Waals surface area contributed by atoms with Crippen LogP contribution in [0, 0.1) is 19.7 Å². The number of benzene rings is 2. The molecule has 0 unspecified atom stereocenters. The number of rotatable bonds is 7. The molecule has 42 heavy (non-hydrogen) atoms. The van der Waals surface area contributed by atoms with Crippen molar-refractivity contribution in [1.29, 1.82) is 0 Å². The summed E-state index contributed by atoms with van der Waals surface area (Å²) in [7, 11) is 0. The Morgan fingerprint density at radius 3 is 2.38 bits per heavy atom. The van der Waals surface area contributed by atoms with Crippen LogP contribution in [-0.2, 0) is 12.9 Å². The molecule has 0 aliphatic rings. The fraction of sp³-hybridized carbons (Fsp3) is 0.143. The van der Waals surface area contributed by atoms with Gasteiger partial charge < -0.3 is 15.8 Å². The molecular weight excluding hydrogens is 598 g/mol. The minimum Gasteiger partial charge on any atom is -0.471 e. The van der Waals surface area contributed by atoms with Crippen molar-refractivity contribution in [2.24, 2.45) is 5.73 Å². The molecule has 5 aromatic rings. The number of aromatic nitrogens is 3. The van der Waals surface area contributed by atoms with Gasteiger partial charge in [0.15, 0.2) is 12.4 Å². The van der Waals surface area contributed by atoms with Gasteiger partial charge in [0.2, 0.25) is 0 Å². The normalized spacial score (nSPS) is 11.6. The summed E-state index contributed by atoms with van der Waals surface area (Å²) in [6.07, 6.45) is -3.33. The number of thiophene rings is 1. The smallest absolute Gasteiger partial charge is 0.433 e. The molecule has 3 heterocycles.